The van der Waals surface area contributed by atoms with Crippen molar-refractivity contribution in [3.05, 3.63) is 77.7 Å². The molecule has 0 radical (unpaired) electrons. The predicted octanol–water partition coefficient (Wildman–Crippen LogP) is 6.15. The summed E-state index contributed by atoms with van der Waals surface area (Å²) < 4.78 is 41.7. The van der Waals surface area contributed by atoms with Crippen molar-refractivity contribution in [1.29, 1.82) is 5.26 Å². The van der Waals surface area contributed by atoms with Gasteiger partial charge in [0.05, 0.1) is 57.5 Å². The van der Waals surface area contributed by atoms with Crippen LogP contribution in [0.25, 0.3) is 0 Å². The average Bonchev–Trinajstić information content (AvgIpc) is 3.19. The summed E-state index contributed by atoms with van der Waals surface area (Å²) in [5.41, 5.74) is 2.86. The normalized spacial score (nSPS) is 41.3. The van der Waals surface area contributed by atoms with Gasteiger partial charge < -0.3 is 19.3 Å². The maximum atomic E-state index is 13.8. The van der Waals surface area contributed by atoms with Crippen molar-refractivity contribution >= 4 is 15.5 Å². The summed E-state index contributed by atoms with van der Waals surface area (Å²) in [5, 5.41) is 9.26. The Balaban J connectivity index is 1.05. The molecule has 4 saturated heterocycles. The zero-order chi connectivity index (χ0) is 35.7. The van der Waals surface area contributed by atoms with E-state index in [1.807, 2.05) is 12.1 Å². The zero-order valence-electron chi connectivity index (χ0n) is 30.8. The van der Waals surface area contributed by atoms with E-state index in [9.17, 15) is 13.7 Å². The van der Waals surface area contributed by atoms with E-state index in [1.165, 1.54) is 50.6 Å². The first-order valence-electron chi connectivity index (χ1n) is 20.5. The monoisotopic (exact) mass is 733 g/mol. The Morgan fingerprint density at radius 3 is 2.04 bits per heavy atom. The first-order chi connectivity index (χ1) is 25.9. The summed E-state index contributed by atoms with van der Waals surface area (Å²) in [4.78, 5) is 12.4. The van der Waals surface area contributed by atoms with Crippen LogP contribution in [0.3, 0.4) is 0 Å². The lowest BCUT2D eigenvalue weighted by atomic mass is 9.62. The molecule has 53 heavy (non-hydrogen) atoms. The van der Waals surface area contributed by atoms with Crippen LogP contribution < -0.4 is 4.90 Å². The number of nitrogens with zero attached hydrogens (tertiary/aromatic N) is 5. The first kappa shape index (κ1) is 33.0. The van der Waals surface area contributed by atoms with E-state index in [2.05, 4.69) is 63.8 Å². The molecule has 278 valence electrons. The van der Waals surface area contributed by atoms with Crippen LogP contribution in [0, 0.1) is 11.3 Å². The standard InChI is InChI=1S/C43H51N5O4S/c1-3-7-30-25(2)51-37-22-20-34-40-42(37)46(30)32-9-6-10-33-39(32)48(40)41-35(21-23-38-43(41)47(33)31-8-4-5-11-36(31)52-38)45(34)27-14-18-29(19-15-27)53(49,50)28-16-12-26(24-44)13-17-28/h3,7,12-19,31-43H,4-6,8-11,20-23H2,1-2H3/b7-3-. The fourth-order valence-electron chi connectivity index (χ4n) is 13.5. The minimum Gasteiger partial charge on any atom is -0.491 e. The van der Waals surface area contributed by atoms with Crippen molar-refractivity contribution in [2.75, 3.05) is 4.90 Å². The molecule has 13 unspecified atom stereocenters. The second-order valence-corrected chi connectivity index (χ2v) is 19.3. The van der Waals surface area contributed by atoms with Crippen molar-refractivity contribution in [3.8, 4) is 6.07 Å². The highest BCUT2D eigenvalue weighted by Crippen LogP contribution is 2.58. The Kier molecular flexibility index (Phi) is 7.52. The van der Waals surface area contributed by atoms with Gasteiger partial charge in [0.15, 0.2) is 0 Å². The molecular formula is C43H51N5O4S. The second-order valence-electron chi connectivity index (χ2n) is 17.3. The van der Waals surface area contributed by atoms with E-state index < -0.39 is 9.84 Å². The van der Waals surface area contributed by atoms with Crippen LogP contribution >= 0.6 is 0 Å². The molecule has 4 aliphatic carbocycles. The summed E-state index contributed by atoms with van der Waals surface area (Å²) in [6.45, 7) is 4.33. The van der Waals surface area contributed by atoms with Gasteiger partial charge in [-0.05, 0) is 126 Å². The maximum absolute atomic E-state index is 13.8. The molecule has 4 saturated carbocycles. The molecule has 8 fully saturated rings. The number of hydrogen-bond donors (Lipinski definition) is 0. The van der Waals surface area contributed by atoms with Gasteiger partial charge in [0.2, 0.25) is 9.84 Å². The highest BCUT2D eigenvalue weighted by Gasteiger charge is 2.71. The zero-order valence-corrected chi connectivity index (χ0v) is 31.7. The molecule has 0 N–H and O–H groups in total. The van der Waals surface area contributed by atoms with E-state index in [0.29, 0.717) is 70.9 Å². The quantitative estimate of drug-likeness (QED) is 0.367. The largest absolute Gasteiger partial charge is 0.491 e. The van der Waals surface area contributed by atoms with E-state index >= 15 is 0 Å². The second kappa shape index (κ2) is 12.1. The van der Waals surface area contributed by atoms with Gasteiger partial charge in [-0.15, -0.1) is 0 Å². The molecule has 0 amide bonds. The summed E-state index contributed by atoms with van der Waals surface area (Å²) >= 11 is 0. The van der Waals surface area contributed by atoms with Gasteiger partial charge in [0.1, 0.15) is 11.9 Å². The Morgan fingerprint density at radius 2 is 1.30 bits per heavy atom. The maximum Gasteiger partial charge on any atom is 0.206 e. The summed E-state index contributed by atoms with van der Waals surface area (Å²) in [6, 6.07) is 20.0. The number of nitriles is 1. The van der Waals surface area contributed by atoms with E-state index in [1.54, 1.807) is 24.3 Å². The SMILES string of the molecule is C/C=C\C1=C(C)OC2CCC3C4C2N1C1CCCC2C1N4C1C(CCC4OC5CCCCC5N2C41)N3c1ccc(S(=O)(=O)c2ccc(C#N)cc2)cc1. The number of rotatable bonds is 4. The number of allylic oxidation sites excluding steroid dienone is 3. The molecule has 11 rings (SSSR count). The molecule has 0 aromatic heterocycles. The van der Waals surface area contributed by atoms with Gasteiger partial charge in [-0.2, -0.15) is 5.26 Å². The average molecular weight is 734 g/mol. The highest BCUT2D eigenvalue weighted by atomic mass is 32.2. The topological polar surface area (TPSA) is 89.3 Å². The summed E-state index contributed by atoms with van der Waals surface area (Å²) in [5.74, 6) is 1.08. The van der Waals surface area contributed by atoms with E-state index in [0.717, 1.165) is 37.1 Å². The molecule has 2 aromatic carbocycles. The third-order valence-electron chi connectivity index (χ3n) is 15.1. The van der Waals surface area contributed by atoms with Crippen LogP contribution in [-0.2, 0) is 19.3 Å². The Morgan fingerprint density at radius 1 is 0.660 bits per heavy atom. The van der Waals surface area contributed by atoms with Crippen LogP contribution in [0.4, 0.5) is 5.69 Å². The Labute approximate surface area is 314 Å². The number of sulfone groups is 1. The van der Waals surface area contributed by atoms with Crippen molar-refractivity contribution in [3.63, 3.8) is 0 Å². The van der Waals surface area contributed by atoms with Crippen LogP contribution in [-0.4, -0.2) is 102 Å². The van der Waals surface area contributed by atoms with Gasteiger partial charge in [-0.1, -0.05) is 18.9 Å². The summed E-state index contributed by atoms with van der Waals surface area (Å²) in [6.07, 6.45) is 18.3. The Bertz CT molecular complexity index is 2010. The van der Waals surface area contributed by atoms with Crippen LogP contribution in [0.2, 0.25) is 0 Å². The van der Waals surface area contributed by atoms with Gasteiger partial charge in [0, 0.05) is 48.0 Å². The predicted molar refractivity (Wildman–Crippen MR) is 201 cm³/mol. The van der Waals surface area contributed by atoms with Crippen LogP contribution in [0.15, 0.2) is 81.9 Å². The number of piperazine rings is 3. The minimum atomic E-state index is -3.73. The van der Waals surface area contributed by atoms with Crippen molar-refractivity contribution in [1.82, 2.24) is 14.7 Å². The van der Waals surface area contributed by atoms with Gasteiger partial charge in [0.25, 0.3) is 0 Å². The third-order valence-corrected chi connectivity index (χ3v) is 16.9. The molecule has 9 aliphatic rings. The number of anilines is 1. The van der Waals surface area contributed by atoms with Crippen LogP contribution in [0.1, 0.15) is 90.0 Å². The lowest BCUT2D eigenvalue weighted by molar-refractivity contribution is -0.282. The van der Waals surface area contributed by atoms with Gasteiger partial charge >= 0.3 is 0 Å². The lowest BCUT2D eigenvalue weighted by Gasteiger charge is -2.78. The molecule has 5 heterocycles. The van der Waals surface area contributed by atoms with Crippen molar-refractivity contribution in [2.24, 2.45) is 0 Å². The number of morpholine rings is 1. The smallest absolute Gasteiger partial charge is 0.206 e. The Hall–Kier alpha value is -3.36. The molecule has 10 heteroatoms. The van der Waals surface area contributed by atoms with E-state index in [4.69, 9.17) is 9.47 Å². The fraction of sp³-hybridized carbons (Fsp3) is 0.605. The van der Waals surface area contributed by atoms with E-state index in [-0.39, 0.29) is 23.1 Å². The highest BCUT2D eigenvalue weighted by molar-refractivity contribution is 7.91. The third kappa shape index (κ3) is 4.54. The van der Waals surface area contributed by atoms with Gasteiger partial charge in [-0.25, -0.2) is 8.42 Å². The van der Waals surface area contributed by atoms with Crippen molar-refractivity contribution < 1.29 is 17.9 Å². The number of benzene rings is 2. The lowest BCUT2D eigenvalue weighted by Crippen LogP contribution is -2.92. The molecule has 9 nitrogen and oxygen atoms in total. The van der Waals surface area contributed by atoms with Gasteiger partial charge in [-0.3, -0.25) is 9.80 Å². The molecule has 0 spiro atoms. The number of ether oxygens (including phenoxy) is 2. The molecule has 0 bridgehead atoms. The molecule has 13 atom stereocenters. The molecule has 5 aliphatic heterocycles. The minimum absolute atomic E-state index is 0.160. The number of fused-ring (bicyclic) bond motifs is 4. The number of hydrogen-bond acceptors (Lipinski definition) is 9. The van der Waals surface area contributed by atoms with Crippen LogP contribution in [0.5, 0.6) is 0 Å². The summed E-state index contributed by atoms with van der Waals surface area (Å²) in [7, 11) is -3.73. The fourth-order valence-corrected chi connectivity index (χ4v) is 14.8. The molecule has 2 aromatic rings. The first-order valence-corrected chi connectivity index (χ1v) is 22.0. The molecular weight excluding hydrogens is 683 g/mol. The van der Waals surface area contributed by atoms with Crippen molar-refractivity contribution in [2.45, 2.75) is 173 Å².